The zero-order valence-corrected chi connectivity index (χ0v) is 9.27. The van der Waals surface area contributed by atoms with Crippen LogP contribution in [0.1, 0.15) is 33.1 Å². The van der Waals surface area contributed by atoms with Gasteiger partial charge in [-0.15, -0.1) is 0 Å². The lowest BCUT2D eigenvalue weighted by atomic mass is 9.98. The fourth-order valence-corrected chi connectivity index (χ4v) is 1.18. The van der Waals surface area contributed by atoms with Gasteiger partial charge in [-0.05, 0) is 24.8 Å². The van der Waals surface area contributed by atoms with Gasteiger partial charge in [0.2, 0.25) is 0 Å². The van der Waals surface area contributed by atoms with Crippen molar-refractivity contribution < 1.29 is 14.7 Å². The van der Waals surface area contributed by atoms with E-state index in [1.165, 1.54) is 0 Å². The van der Waals surface area contributed by atoms with Crippen LogP contribution in [-0.4, -0.2) is 22.9 Å². The Bertz CT molecular complexity index is 248. The molecule has 0 aliphatic carbocycles. The standard InChI is InChI=1S/C11H19NO3/c1-3-9(13)6-4-5-8(2)7-10(12)11(14)15/h4,6,8,10H,3,5,7,12H2,1-2H3,(H,14,15). The predicted molar refractivity (Wildman–Crippen MR) is 58.4 cm³/mol. The molecule has 0 rings (SSSR count). The van der Waals surface area contributed by atoms with E-state index in [9.17, 15) is 9.59 Å². The third kappa shape index (κ3) is 6.85. The first-order chi connectivity index (χ1) is 6.97. The Balaban J connectivity index is 3.84. The summed E-state index contributed by atoms with van der Waals surface area (Å²) in [5.41, 5.74) is 5.38. The van der Waals surface area contributed by atoms with Crippen molar-refractivity contribution in [3.63, 3.8) is 0 Å². The summed E-state index contributed by atoms with van der Waals surface area (Å²) in [7, 11) is 0. The number of ketones is 1. The molecule has 0 saturated heterocycles. The topological polar surface area (TPSA) is 80.4 Å². The van der Waals surface area contributed by atoms with Gasteiger partial charge in [0.15, 0.2) is 5.78 Å². The maximum absolute atomic E-state index is 10.9. The maximum atomic E-state index is 10.9. The van der Waals surface area contributed by atoms with E-state index < -0.39 is 12.0 Å². The molecule has 4 heteroatoms. The van der Waals surface area contributed by atoms with E-state index in [0.717, 1.165) is 0 Å². The summed E-state index contributed by atoms with van der Waals surface area (Å²) in [5.74, 6) is -0.711. The van der Waals surface area contributed by atoms with Gasteiger partial charge < -0.3 is 10.8 Å². The van der Waals surface area contributed by atoms with Gasteiger partial charge >= 0.3 is 5.97 Å². The van der Waals surface area contributed by atoms with Crippen LogP contribution in [0.5, 0.6) is 0 Å². The van der Waals surface area contributed by atoms with Crippen LogP contribution >= 0.6 is 0 Å². The molecule has 15 heavy (non-hydrogen) atoms. The Kier molecular flexibility index (Phi) is 6.62. The summed E-state index contributed by atoms with van der Waals surface area (Å²) >= 11 is 0. The summed E-state index contributed by atoms with van der Waals surface area (Å²) in [5, 5.41) is 8.59. The average Bonchev–Trinajstić information content (AvgIpc) is 2.17. The quantitative estimate of drug-likeness (QED) is 0.625. The second-order valence-electron chi connectivity index (χ2n) is 3.74. The van der Waals surface area contributed by atoms with Crippen molar-refractivity contribution in [2.75, 3.05) is 0 Å². The molecule has 0 spiro atoms. The normalized spacial score (nSPS) is 15.1. The fourth-order valence-electron chi connectivity index (χ4n) is 1.18. The van der Waals surface area contributed by atoms with Crippen LogP contribution in [-0.2, 0) is 9.59 Å². The minimum Gasteiger partial charge on any atom is -0.480 e. The Morgan fingerprint density at radius 1 is 1.47 bits per heavy atom. The minimum absolute atomic E-state index is 0.0877. The van der Waals surface area contributed by atoms with Crippen LogP contribution in [0.25, 0.3) is 0 Å². The van der Waals surface area contributed by atoms with Gasteiger partial charge in [0.05, 0.1) is 0 Å². The fraction of sp³-hybridized carbons (Fsp3) is 0.636. The number of aliphatic carboxylic acids is 1. The molecule has 0 saturated carbocycles. The highest BCUT2D eigenvalue weighted by atomic mass is 16.4. The average molecular weight is 213 g/mol. The van der Waals surface area contributed by atoms with Crippen molar-refractivity contribution >= 4 is 11.8 Å². The third-order valence-corrected chi connectivity index (χ3v) is 2.16. The van der Waals surface area contributed by atoms with Crippen molar-refractivity contribution in [3.8, 4) is 0 Å². The number of carboxylic acids is 1. The van der Waals surface area contributed by atoms with Gasteiger partial charge in [0.1, 0.15) is 6.04 Å². The maximum Gasteiger partial charge on any atom is 0.320 e. The number of nitrogens with two attached hydrogens (primary N) is 1. The first kappa shape index (κ1) is 13.8. The lowest BCUT2D eigenvalue weighted by Crippen LogP contribution is -2.31. The van der Waals surface area contributed by atoms with Crippen molar-refractivity contribution in [2.24, 2.45) is 11.7 Å². The van der Waals surface area contributed by atoms with Gasteiger partial charge in [-0.25, -0.2) is 0 Å². The molecule has 0 amide bonds. The summed E-state index contributed by atoms with van der Waals surface area (Å²) < 4.78 is 0. The number of carbonyl (C=O) groups excluding carboxylic acids is 1. The van der Waals surface area contributed by atoms with Crippen LogP contribution in [0.4, 0.5) is 0 Å². The molecule has 3 N–H and O–H groups in total. The molecule has 0 bridgehead atoms. The molecule has 0 aliphatic rings. The minimum atomic E-state index is -0.976. The van der Waals surface area contributed by atoms with E-state index in [2.05, 4.69) is 0 Å². The lowest BCUT2D eigenvalue weighted by molar-refractivity contribution is -0.138. The molecule has 0 aliphatic heterocycles. The number of carboxylic acid groups (broad SMARTS) is 1. The Hall–Kier alpha value is -1.16. The zero-order chi connectivity index (χ0) is 11.8. The van der Waals surface area contributed by atoms with Gasteiger partial charge in [-0.1, -0.05) is 19.9 Å². The molecule has 86 valence electrons. The summed E-state index contributed by atoms with van der Waals surface area (Å²) in [6.07, 6.45) is 4.94. The van der Waals surface area contributed by atoms with Crippen LogP contribution in [0.3, 0.4) is 0 Å². The number of allylic oxidation sites excluding steroid dienone is 2. The highest BCUT2D eigenvalue weighted by molar-refractivity contribution is 5.89. The highest BCUT2D eigenvalue weighted by Crippen LogP contribution is 2.10. The van der Waals surface area contributed by atoms with E-state index in [-0.39, 0.29) is 11.7 Å². The molecule has 0 aromatic heterocycles. The molecule has 0 aromatic rings. The molecular weight excluding hydrogens is 194 g/mol. The van der Waals surface area contributed by atoms with Crippen molar-refractivity contribution in [3.05, 3.63) is 12.2 Å². The van der Waals surface area contributed by atoms with Gasteiger partial charge in [-0.2, -0.15) is 0 Å². The highest BCUT2D eigenvalue weighted by Gasteiger charge is 2.14. The van der Waals surface area contributed by atoms with E-state index in [1.807, 2.05) is 6.92 Å². The predicted octanol–water partition coefficient (Wildman–Crippen LogP) is 1.35. The molecule has 0 aromatic carbocycles. The summed E-state index contributed by atoms with van der Waals surface area (Å²) in [6, 6.07) is -0.810. The van der Waals surface area contributed by atoms with Gasteiger partial charge in [0.25, 0.3) is 0 Å². The molecule has 4 nitrogen and oxygen atoms in total. The SMILES string of the molecule is CCC(=O)C=CCC(C)CC(N)C(=O)O. The van der Waals surface area contributed by atoms with E-state index in [0.29, 0.717) is 19.3 Å². The molecule has 0 heterocycles. The summed E-state index contributed by atoms with van der Waals surface area (Å²) in [6.45, 7) is 3.72. The van der Waals surface area contributed by atoms with E-state index in [1.54, 1.807) is 19.1 Å². The van der Waals surface area contributed by atoms with Crippen LogP contribution in [0.2, 0.25) is 0 Å². The Morgan fingerprint density at radius 2 is 2.07 bits per heavy atom. The molecule has 2 atom stereocenters. The number of hydrogen-bond acceptors (Lipinski definition) is 3. The van der Waals surface area contributed by atoms with Crippen molar-refractivity contribution in [2.45, 2.75) is 39.2 Å². The number of rotatable bonds is 7. The summed E-state index contributed by atoms with van der Waals surface area (Å²) in [4.78, 5) is 21.4. The first-order valence-corrected chi connectivity index (χ1v) is 5.15. The van der Waals surface area contributed by atoms with Crippen LogP contribution < -0.4 is 5.73 Å². The third-order valence-electron chi connectivity index (χ3n) is 2.16. The van der Waals surface area contributed by atoms with Crippen LogP contribution in [0, 0.1) is 5.92 Å². The number of carbonyl (C=O) groups is 2. The molecular formula is C11H19NO3. The molecule has 0 fully saturated rings. The van der Waals surface area contributed by atoms with E-state index in [4.69, 9.17) is 10.8 Å². The van der Waals surface area contributed by atoms with Gasteiger partial charge in [0, 0.05) is 6.42 Å². The first-order valence-electron chi connectivity index (χ1n) is 5.15. The molecule has 0 radical (unpaired) electrons. The second-order valence-corrected chi connectivity index (χ2v) is 3.74. The van der Waals surface area contributed by atoms with Crippen LogP contribution in [0.15, 0.2) is 12.2 Å². The second kappa shape index (κ2) is 7.17. The monoisotopic (exact) mass is 213 g/mol. The molecule has 2 unspecified atom stereocenters. The van der Waals surface area contributed by atoms with Crippen molar-refractivity contribution in [1.29, 1.82) is 0 Å². The Morgan fingerprint density at radius 3 is 2.53 bits per heavy atom. The van der Waals surface area contributed by atoms with Crippen molar-refractivity contribution in [1.82, 2.24) is 0 Å². The largest absolute Gasteiger partial charge is 0.480 e. The number of hydrogen-bond donors (Lipinski definition) is 2. The van der Waals surface area contributed by atoms with E-state index >= 15 is 0 Å². The smallest absolute Gasteiger partial charge is 0.320 e. The van der Waals surface area contributed by atoms with Gasteiger partial charge in [-0.3, -0.25) is 9.59 Å². The Labute approximate surface area is 90.2 Å². The lowest BCUT2D eigenvalue weighted by Gasteiger charge is -2.11. The zero-order valence-electron chi connectivity index (χ0n) is 9.27.